The molecular weight excluding hydrogens is 210 g/mol. The van der Waals surface area contributed by atoms with Crippen molar-refractivity contribution in [3.63, 3.8) is 0 Å². The van der Waals surface area contributed by atoms with Crippen LogP contribution in [0.5, 0.6) is 0 Å². The van der Waals surface area contributed by atoms with E-state index in [4.69, 9.17) is 4.42 Å². The molecule has 1 aliphatic carbocycles. The second-order valence-electron chi connectivity index (χ2n) is 5.52. The molecule has 1 aliphatic rings. The van der Waals surface area contributed by atoms with E-state index < -0.39 is 0 Å². The summed E-state index contributed by atoms with van der Waals surface area (Å²) in [5.41, 5.74) is 0. The molecule has 0 bridgehead atoms. The third-order valence-corrected chi connectivity index (χ3v) is 4.42. The van der Waals surface area contributed by atoms with Gasteiger partial charge in [-0.25, -0.2) is 0 Å². The predicted molar refractivity (Wildman–Crippen MR) is 70.8 cm³/mol. The average Bonchev–Trinajstić information content (AvgIpc) is 2.85. The summed E-state index contributed by atoms with van der Waals surface area (Å²) in [5.74, 6) is 2.70. The molecule has 0 aromatic carbocycles. The first-order valence-electron chi connectivity index (χ1n) is 7.01. The van der Waals surface area contributed by atoms with E-state index in [1.54, 1.807) is 6.26 Å². The molecule has 2 nitrogen and oxygen atoms in total. The Morgan fingerprint density at radius 1 is 1.41 bits per heavy atom. The zero-order valence-electron chi connectivity index (χ0n) is 11.3. The maximum absolute atomic E-state index is 5.53. The molecule has 1 N–H and O–H groups in total. The Bertz CT molecular complexity index is 320. The van der Waals surface area contributed by atoms with Crippen LogP contribution in [0.1, 0.15) is 58.3 Å². The van der Waals surface area contributed by atoms with E-state index >= 15 is 0 Å². The smallest absolute Gasteiger partial charge is 0.120 e. The van der Waals surface area contributed by atoms with E-state index in [2.05, 4.69) is 32.2 Å². The van der Waals surface area contributed by atoms with Crippen molar-refractivity contribution in [1.29, 1.82) is 0 Å². The lowest BCUT2D eigenvalue weighted by Gasteiger charge is -2.36. The first-order valence-corrected chi connectivity index (χ1v) is 7.01. The molecule has 96 valence electrons. The van der Waals surface area contributed by atoms with Gasteiger partial charge in [0.05, 0.1) is 12.3 Å². The van der Waals surface area contributed by atoms with Crippen molar-refractivity contribution in [2.45, 2.75) is 58.5 Å². The summed E-state index contributed by atoms with van der Waals surface area (Å²) in [7, 11) is 0. The zero-order valence-corrected chi connectivity index (χ0v) is 11.3. The third kappa shape index (κ3) is 2.92. The van der Waals surface area contributed by atoms with E-state index in [-0.39, 0.29) is 0 Å². The van der Waals surface area contributed by atoms with Crippen LogP contribution in [0.25, 0.3) is 0 Å². The maximum Gasteiger partial charge on any atom is 0.120 e. The molecule has 4 unspecified atom stereocenters. The summed E-state index contributed by atoms with van der Waals surface area (Å²) in [5, 5.41) is 3.79. The van der Waals surface area contributed by atoms with Gasteiger partial charge in [0.25, 0.3) is 0 Å². The summed E-state index contributed by atoms with van der Waals surface area (Å²) < 4.78 is 5.53. The third-order valence-electron chi connectivity index (χ3n) is 4.42. The van der Waals surface area contributed by atoms with Crippen LogP contribution in [0.15, 0.2) is 22.8 Å². The molecule has 4 atom stereocenters. The highest BCUT2D eigenvalue weighted by Crippen LogP contribution is 2.31. The van der Waals surface area contributed by atoms with Gasteiger partial charge in [0, 0.05) is 6.04 Å². The van der Waals surface area contributed by atoms with Crippen molar-refractivity contribution in [1.82, 2.24) is 5.32 Å². The van der Waals surface area contributed by atoms with Crippen molar-refractivity contribution in [3.8, 4) is 0 Å². The molecule has 0 aliphatic heterocycles. The minimum Gasteiger partial charge on any atom is -0.468 e. The Morgan fingerprint density at radius 3 is 2.88 bits per heavy atom. The Morgan fingerprint density at radius 2 is 2.24 bits per heavy atom. The molecule has 1 aromatic heterocycles. The molecule has 1 aromatic rings. The summed E-state index contributed by atoms with van der Waals surface area (Å²) in [4.78, 5) is 0. The van der Waals surface area contributed by atoms with Crippen LogP contribution < -0.4 is 5.32 Å². The number of hydrogen-bond donors (Lipinski definition) is 1. The van der Waals surface area contributed by atoms with Crippen LogP contribution in [0, 0.1) is 11.8 Å². The number of nitrogens with one attached hydrogen (secondary N) is 1. The first kappa shape index (κ1) is 12.7. The van der Waals surface area contributed by atoms with Crippen LogP contribution >= 0.6 is 0 Å². The summed E-state index contributed by atoms with van der Waals surface area (Å²) in [6.07, 6.45) is 6.91. The molecule has 2 heteroatoms. The van der Waals surface area contributed by atoms with Gasteiger partial charge in [-0.15, -0.1) is 0 Å². The Kier molecular flexibility index (Phi) is 4.27. The van der Waals surface area contributed by atoms with Crippen LogP contribution in [0.3, 0.4) is 0 Å². The summed E-state index contributed by atoms with van der Waals surface area (Å²) in [6.45, 7) is 6.99. The van der Waals surface area contributed by atoms with Crippen LogP contribution in [0.2, 0.25) is 0 Å². The summed E-state index contributed by atoms with van der Waals surface area (Å²) in [6, 6.07) is 5.08. The van der Waals surface area contributed by atoms with Crippen molar-refractivity contribution in [2.75, 3.05) is 0 Å². The van der Waals surface area contributed by atoms with Gasteiger partial charge in [-0.05, 0) is 36.8 Å². The zero-order chi connectivity index (χ0) is 12.3. The van der Waals surface area contributed by atoms with Crippen molar-refractivity contribution in [2.24, 2.45) is 11.8 Å². The molecule has 1 heterocycles. The molecule has 0 spiro atoms. The molecular formula is C15H25NO. The molecule has 1 fully saturated rings. The molecule has 0 amide bonds. The van der Waals surface area contributed by atoms with Gasteiger partial charge in [-0.2, -0.15) is 0 Å². The highest BCUT2D eigenvalue weighted by atomic mass is 16.3. The minimum absolute atomic E-state index is 0.378. The van der Waals surface area contributed by atoms with Crippen LogP contribution in [-0.4, -0.2) is 6.04 Å². The van der Waals surface area contributed by atoms with Gasteiger partial charge in [0.1, 0.15) is 5.76 Å². The van der Waals surface area contributed by atoms with E-state index in [1.807, 2.05) is 6.07 Å². The average molecular weight is 235 g/mol. The lowest BCUT2D eigenvalue weighted by molar-refractivity contribution is 0.186. The van der Waals surface area contributed by atoms with Gasteiger partial charge >= 0.3 is 0 Å². The largest absolute Gasteiger partial charge is 0.468 e. The molecule has 1 saturated carbocycles. The number of rotatable bonds is 4. The van der Waals surface area contributed by atoms with Gasteiger partial charge in [0.2, 0.25) is 0 Å². The van der Waals surface area contributed by atoms with E-state index in [9.17, 15) is 0 Å². The Hall–Kier alpha value is -0.760. The lowest BCUT2D eigenvalue weighted by Crippen LogP contribution is -2.42. The first-order chi connectivity index (χ1) is 8.22. The van der Waals surface area contributed by atoms with Crippen molar-refractivity contribution in [3.05, 3.63) is 24.2 Å². The normalized spacial score (nSPS) is 31.4. The number of furan rings is 1. The van der Waals surface area contributed by atoms with E-state index in [0.29, 0.717) is 12.1 Å². The quantitative estimate of drug-likeness (QED) is 0.848. The van der Waals surface area contributed by atoms with Crippen molar-refractivity contribution < 1.29 is 4.42 Å². The van der Waals surface area contributed by atoms with E-state index in [0.717, 1.165) is 24.0 Å². The highest BCUT2D eigenvalue weighted by Gasteiger charge is 2.29. The minimum atomic E-state index is 0.378. The van der Waals surface area contributed by atoms with Crippen molar-refractivity contribution >= 4 is 0 Å². The Labute approximate surface area is 105 Å². The molecule has 17 heavy (non-hydrogen) atoms. The Balaban J connectivity index is 1.98. The maximum atomic E-state index is 5.53. The summed E-state index contributed by atoms with van der Waals surface area (Å²) >= 11 is 0. The fraction of sp³-hybridized carbons (Fsp3) is 0.733. The van der Waals surface area contributed by atoms with Gasteiger partial charge in [-0.1, -0.05) is 33.6 Å². The highest BCUT2D eigenvalue weighted by molar-refractivity contribution is 5.05. The second-order valence-corrected chi connectivity index (χ2v) is 5.52. The molecule has 2 rings (SSSR count). The van der Waals surface area contributed by atoms with Crippen LogP contribution in [-0.2, 0) is 0 Å². The molecule has 0 saturated heterocycles. The number of hydrogen-bond acceptors (Lipinski definition) is 2. The SMILES string of the molecule is CCC(NC1CCCC(C)C1C)c1ccco1. The predicted octanol–water partition coefficient (Wildman–Crippen LogP) is 4.15. The molecule has 0 radical (unpaired) electrons. The van der Waals surface area contributed by atoms with Gasteiger partial charge < -0.3 is 9.73 Å². The second kappa shape index (κ2) is 5.72. The van der Waals surface area contributed by atoms with Gasteiger partial charge in [0.15, 0.2) is 0 Å². The fourth-order valence-electron chi connectivity index (χ4n) is 2.97. The van der Waals surface area contributed by atoms with Crippen LogP contribution in [0.4, 0.5) is 0 Å². The van der Waals surface area contributed by atoms with E-state index in [1.165, 1.54) is 19.3 Å². The lowest BCUT2D eigenvalue weighted by atomic mass is 9.77. The fourth-order valence-corrected chi connectivity index (χ4v) is 2.97. The standard InChI is InChI=1S/C15H25NO/c1-4-13(15-9-6-10-17-15)16-14-8-5-7-11(2)12(14)3/h6,9-14,16H,4-5,7-8H2,1-3H3. The van der Waals surface area contributed by atoms with Gasteiger partial charge in [-0.3, -0.25) is 0 Å². The monoisotopic (exact) mass is 235 g/mol. The topological polar surface area (TPSA) is 25.2 Å².